The van der Waals surface area contributed by atoms with Crippen LogP contribution in [-0.4, -0.2) is 35.2 Å². The van der Waals surface area contributed by atoms with Gasteiger partial charge in [-0.3, -0.25) is 0 Å². The Kier molecular flexibility index (Phi) is 3.26. The Hall–Kier alpha value is -0.0800. The number of likely N-dealkylation sites (tertiary alicyclic amines) is 1. The zero-order valence-electron chi connectivity index (χ0n) is 13.0. The fourth-order valence-corrected chi connectivity index (χ4v) is 5.40. The second-order valence-corrected chi connectivity index (χ2v) is 8.18. The van der Waals surface area contributed by atoms with Crippen molar-refractivity contribution in [3.8, 4) is 0 Å². The van der Waals surface area contributed by atoms with Gasteiger partial charge in [0.05, 0.1) is 5.60 Å². The van der Waals surface area contributed by atoms with Gasteiger partial charge < -0.3 is 10.0 Å². The summed E-state index contributed by atoms with van der Waals surface area (Å²) in [5, 5.41) is 11.2. The molecule has 1 heterocycles. The maximum atomic E-state index is 11.2. The highest BCUT2D eigenvalue weighted by molar-refractivity contribution is 5.17. The van der Waals surface area contributed by atoms with Crippen LogP contribution in [0.1, 0.15) is 65.7 Å². The molecule has 0 radical (unpaired) electrons. The minimum absolute atomic E-state index is 0.148. The normalized spacial score (nSPS) is 45.2. The van der Waals surface area contributed by atoms with Crippen LogP contribution >= 0.6 is 0 Å². The van der Waals surface area contributed by atoms with Gasteiger partial charge in [0.1, 0.15) is 0 Å². The summed E-state index contributed by atoms with van der Waals surface area (Å²) in [6.07, 6.45) is 8.54. The smallest absolute Gasteiger partial charge is 0.0709 e. The molecule has 3 fully saturated rings. The maximum Gasteiger partial charge on any atom is 0.0709 e. The Bertz CT molecular complexity index is 347. The van der Waals surface area contributed by atoms with Crippen LogP contribution in [0.4, 0.5) is 0 Å². The third kappa shape index (κ3) is 1.90. The lowest BCUT2D eigenvalue weighted by Crippen LogP contribution is -2.47. The summed E-state index contributed by atoms with van der Waals surface area (Å²) in [6.45, 7) is 10.9. The monoisotopic (exact) mass is 265 g/mol. The largest absolute Gasteiger partial charge is 0.389 e. The molecule has 19 heavy (non-hydrogen) atoms. The van der Waals surface area contributed by atoms with E-state index in [1.165, 1.54) is 51.7 Å². The van der Waals surface area contributed by atoms with Gasteiger partial charge in [-0.25, -0.2) is 0 Å². The number of aliphatic hydroxyl groups is 1. The highest BCUT2D eigenvalue weighted by Gasteiger charge is 2.67. The fraction of sp³-hybridized carbons (Fsp3) is 1.00. The van der Waals surface area contributed by atoms with Crippen LogP contribution in [0.25, 0.3) is 0 Å². The Balaban J connectivity index is 1.61. The van der Waals surface area contributed by atoms with Gasteiger partial charge in [-0.15, -0.1) is 0 Å². The van der Waals surface area contributed by atoms with Crippen LogP contribution in [0.5, 0.6) is 0 Å². The molecule has 2 nitrogen and oxygen atoms in total. The molecular weight excluding hydrogens is 234 g/mol. The summed E-state index contributed by atoms with van der Waals surface area (Å²) in [5.41, 5.74) is 0.0875. The third-order valence-corrected chi connectivity index (χ3v) is 7.31. The molecule has 110 valence electrons. The summed E-state index contributed by atoms with van der Waals surface area (Å²) >= 11 is 0. The predicted octanol–water partition coefficient (Wildman–Crippen LogP) is 3.44. The average molecular weight is 265 g/mol. The molecule has 2 saturated carbocycles. The van der Waals surface area contributed by atoms with Gasteiger partial charge in [-0.1, -0.05) is 20.8 Å². The van der Waals surface area contributed by atoms with Gasteiger partial charge >= 0.3 is 0 Å². The van der Waals surface area contributed by atoms with Crippen LogP contribution in [-0.2, 0) is 0 Å². The van der Waals surface area contributed by atoms with Gasteiger partial charge in [0, 0.05) is 5.41 Å². The SMILES string of the molecule is CC1(C)C2CCC1(C)C(O)(CCCN1CCCC1)C2. The van der Waals surface area contributed by atoms with Crippen molar-refractivity contribution in [3.05, 3.63) is 0 Å². The molecule has 0 spiro atoms. The summed E-state index contributed by atoms with van der Waals surface area (Å²) in [7, 11) is 0. The molecule has 3 aliphatic rings. The van der Waals surface area contributed by atoms with E-state index in [-0.39, 0.29) is 11.0 Å². The Morgan fingerprint density at radius 1 is 1.16 bits per heavy atom. The number of hydrogen-bond acceptors (Lipinski definition) is 2. The van der Waals surface area contributed by atoms with E-state index in [9.17, 15) is 5.11 Å². The van der Waals surface area contributed by atoms with Crippen LogP contribution in [0.15, 0.2) is 0 Å². The van der Waals surface area contributed by atoms with Crippen molar-refractivity contribution < 1.29 is 5.11 Å². The molecule has 0 aromatic heterocycles. The molecular formula is C17H31NO. The van der Waals surface area contributed by atoms with Gasteiger partial charge in [0.2, 0.25) is 0 Å². The first-order chi connectivity index (χ1) is 8.89. The molecule has 0 aromatic rings. The van der Waals surface area contributed by atoms with Crippen molar-refractivity contribution >= 4 is 0 Å². The van der Waals surface area contributed by atoms with Crippen molar-refractivity contribution in [2.45, 2.75) is 71.3 Å². The van der Waals surface area contributed by atoms with Crippen molar-refractivity contribution in [3.63, 3.8) is 0 Å². The molecule has 0 amide bonds. The fourth-order valence-electron chi connectivity index (χ4n) is 5.40. The first kappa shape index (κ1) is 13.9. The number of fused-ring (bicyclic) bond motifs is 2. The van der Waals surface area contributed by atoms with E-state index in [0.29, 0.717) is 5.41 Å². The standard InChI is InChI=1S/C17H31NO/c1-15(2)14-7-9-16(15,3)17(19,13-14)8-6-12-18-10-4-5-11-18/h14,19H,4-13H2,1-3H3. The summed E-state index contributed by atoms with van der Waals surface area (Å²) in [6, 6.07) is 0. The first-order valence-electron chi connectivity index (χ1n) is 8.34. The second kappa shape index (κ2) is 4.46. The minimum Gasteiger partial charge on any atom is -0.389 e. The molecule has 1 saturated heterocycles. The van der Waals surface area contributed by atoms with E-state index in [0.717, 1.165) is 18.8 Å². The topological polar surface area (TPSA) is 23.5 Å². The average Bonchev–Trinajstić information content (AvgIpc) is 2.95. The first-order valence-corrected chi connectivity index (χ1v) is 8.34. The molecule has 2 bridgehead atoms. The summed E-state index contributed by atoms with van der Waals surface area (Å²) < 4.78 is 0. The van der Waals surface area contributed by atoms with E-state index in [4.69, 9.17) is 0 Å². The maximum absolute atomic E-state index is 11.2. The predicted molar refractivity (Wildman–Crippen MR) is 79.1 cm³/mol. The molecule has 2 heteroatoms. The number of rotatable bonds is 4. The minimum atomic E-state index is -0.390. The molecule has 0 aromatic carbocycles. The van der Waals surface area contributed by atoms with Crippen LogP contribution in [0.3, 0.4) is 0 Å². The molecule has 3 unspecified atom stereocenters. The Labute approximate surface area is 118 Å². The highest BCUT2D eigenvalue weighted by atomic mass is 16.3. The molecule has 2 aliphatic carbocycles. The molecule has 1 aliphatic heterocycles. The van der Waals surface area contributed by atoms with Crippen molar-refractivity contribution in [2.24, 2.45) is 16.7 Å². The van der Waals surface area contributed by atoms with E-state index < -0.39 is 0 Å². The zero-order valence-corrected chi connectivity index (χ0v) is 13.0. The Morgan fingerprint density at radius 2 is 1.84 bits per heavy atom. The van der Waals surface area contributed by atoms with E-state index in [1.807, 2.05) is 0 Å². The molecule has 3 atom stereocenters. The second-order valence-electron chi connectivity index (χ2n) is 8.18. The van der Waals surface area contributed by atoms with Crippen molar-refractivity contribution in [2.75, 3.05) is 19.6 Å². The van der Waals surface area contributed by atoms with Gasteiger partial charge in [-0.05, 0) is 75.9 Å². The molecule has 1 N–H and O–H groups in total. The summed E-state index contributed by atoms with van der Waals surface area (Å²) in [4.78, 5) is 2.57. The van der Waals surface area contributed by atoms with Crippen molar-refractivity contribution in [1.82, 2.24) is 4.90 Å². The molecule has 3 rings (SSSR count). The van der Waals surface area contributed by atoms with E-state index in [1.54, 1.807) is 0 Å². The lowest BCUT2D eigenvalue weighted by Gasteiger charge is -2.45. The van der Waals surface area contributed by atoms with Gasteiger partial charge in [-0.2, -0.15) is 0 Å². The summed E-state index contributed by atoms with van der Waals surface area (Å²) in [5.74, 6) is 0.745. The third-order valence-electron chi connectivity index (χ3n) is 7.31. The number of hydrogen-bond donors (Lipinski definition) is 1. The van der Waals surface area contributed by atoms with E-state index in [2.05, 4.69) is 25.7 Å². The van der Waals surface area contributed by atoms with Crippen LogP contribution < -0.4 is 0 Å². The van der Waals surface area contributed by atoms with Gasteiger partial charge in [0.25, 0.3) is 0 Å². The number of nitrogens with zero attached hydrogens (tertiary/aromatic N) is 1. The zero-order chi connectivity index (χ0) is 13.7. The van der Waals surface area contributed by atoms with Gasteiger partial charge in [0.15, 0.2) is 0 Å². The van der Waals surface area contributed by atoms with Crippen molar-refractivity contribution in [1.29, 1.82) is 0 Å². The Morgan fingerprint density at radius 3 is 2.37 bits per heavy atom. The van der Waals surface area contributed by atoms with Crippen LogP contribution in [0, 0.1) is 16.7 Å². The van der Waals surface area contributed by atoms with Crippen LogP contribution in [0.2, 0.25) is 0 Å². The quantitative estimate of drug-likeness (QED) is 0.841. The lowest BCUT2D eigenvalue weighted by molar-refractivity contribution is -0.0964. The van der Waals surface area contributed by atoms with E-state index >= 15 is 0 Å². The lowest BCUT2D eigenvalue weighted by atomic mass is 9.63. The highest BCUT2D eigenvalue weighted by Crippen LogP contribution is 2.70.